The molecule has 208 valence electrons. The number of ether oxygens (including phenoxy) is 1. The number of pyridine rings is 1. The van der Waals surface area contributed by atoms with Gasteiger partial charge in [0.1, 0.15) is 22.6 Å². The lowest BCUT2D eigenvalue weighted by atomic mass is 10.0. The number of aryl methyl sites for hydroxylation is 1. The number of H-pyrrole nitrogens is 1. The average Bonchev–Trinajstić information content (AvgIpc) is 3.83. The van der Waals surface area contributed by atoms with Crippen LogP contribution in [0.5, 0.6) is 5.75 Å². The second-order valence-corrected chi connectivity index (χ2v) is 10.5. The third-order valence-corrected chi connectivity index (χ3v) is 7.79. The van der Waals surface area contributed by atoms with Gasteiger partial charge in [0.05, 0.1) is 29.6 Å². The Kier molecular flexibility index (Phi) is 5.52. The maximum absolute atomic E-state index is 6.49. The monoisotopic (exact) mass is 558 g/mol. The van der Waals surface area contributed by atoms with Crippen LogP contribution in [0.15, 0.2) is 71.9 Å². The standard InChI is InChI=1S/C30H26N10O2/c1-17-13-32-26-9-8-18(16-39(17)26)27-28(24-7-4-10-41-24)35-30(31)36-29(27)40-23-11-21(19-14-33-34-15-19)25(12-22(23)37-38-40)42-20-5-2-3-6-20/h4,7-16,20H,2-3,5-6H2,1H3,(H,33,34)(H2,31,35,36). The van der Waals surface area contributed by atoms with E-state index in [1.807, 2.05) is 66.3 Å². The van der Waals surface area contributed by atoms with Gasteiger partial charge in [-0.3, -0.25) is 5.10 Å². The van der Waals surface area contributed by atoms with Gasteiger partial charge in [0, 0.05) is 47.0 Å². The number of nitrogens with two attached hydrogens (primary N) is 1. The highest BCUT2D eigenvalue weighted by Crippen LogP contribution is 2.39. The van der Waals surface area contributed by atoms with Crippen molar-refractivity contribution >= 4 is 22.6 Å². The molecule has 0 atom stereocenters. The first-order valence-electron chi connectivity index (χ1n) is 13.8. The molecule has 1 aliphatic carbocycles. The molecule has 0 radical (unpaired) electrons. The number of nitrogen functional groups attached to an aromatic ring is 1. The molecule has 3 N–H and O–H groups in total. The number of anilines is 1. The van der Waals surface area contributed by atoms with Crippen molar-refractivity contribution < 1.29 is 9.15 Å². The Balaban J connectivity index is 1.38. The molecule has 6 aromatic heterocycles. The molecule has 7 aromatic rings. The molecule has 1 saturated carbocycles. The lowest BCUT2D eigenvalue weighted by Gasteiger charge is -2.17. The van der Waals surface area contributed by atoms with Crippen molar-refractivity contribution in [1.82, 2.24) is 44.5 Å². The third-order valence-electron chi connectivity index (χ3n) is 7.79. The van der Waals surface area contributed by atoms with Crippen molar-refractivity contribution in [2.45, 2.75) is 38.7 Å². The molecule has 0 aliphatic heterocycles. The molecule has 0 saturated heterocycles. The Bertz CT molecular complexity index is 2050. The number of nitrogens with zero attached hydrogens (tertiary/aromatic N) is 8. The summed E-state index contributed by atoms with van der Waals surface area (Å²) >= 11 is 0. The Hall–Kier alpha value is -5.52. The van der Waals surface area contributed by atoms with Crippen molar-refractivity contribution in [3.05, 3.63) is 73.1 Å². The zero-order chi connectivity index (χ0) is 28.2. The Labute approximate surface area is 239 Å². The van der Waals surface area contributed by atoms with Crippen LogP contribution in [0, 0.1) is 6.92 Å². The van der Waals surface area contributed by atoms with Gasteiger partial charge in [-0.15, -0.1) is 5.10 Å². The fourth-order valence-electron chi connectivity index (χ4n) is 5.74. The normalized spacial score (nSPS) is 13.9. The zero-order valence-corrected chi connectivity index (χ0v) is 22.7. The predicted octanol–water partition coefficient (Wildman–Crippen LogP) is 5.39. The van der Waals surface area contributed by atoms with Crippen LogP contribution in [0.1, 0.15) is 31.4 Å². The van der Waals surface area contributed by atoms with E-state index in [0.717, 1.165) is 52.1 Å². The van der Waals surface area contributed by atoms with Crippen molar-refractivity contribution in [3.63, 3.8) is 0 Å². The van der Waals surface area contributed by atoms with Gasteiger partial charge < -0.3 is 19.3 Å². The molecule has 1 aromatic carbocycles. The van der Waals surface area contributed by atoms with Crippen LogP contribution in [0.4, 0.5) is 5.95 Å². The van der Waals surface area contributed by atoms with Crippen molar-refractivity contribution in [2.24, 2.45) is 0 Å². The summed E-state index contributed by atoms with van der Waals surface area (Å²) in [6.07, 6.45) is 13.7. The van der Waals surface area contributed by atoms with E-state index in [4.69, 9.17) is 19.9 Å². The predicted molar refractivity (Wildman–Crippen MR) is 156 cm³/mol. The summed E-state index contributed by atoms with van der Waals surface area (Å²) < 4.78 is 16.0. The van der Waals surface area contributed by atoms with Crippen molar-refractivity contribution in [3.8, 4) is 45.3 Å². The molecule has 8 rings (SSSR count). The number of hydrogen-bond acceptors (Lipinski definition) is 9. The van der Waals surface area contributed by atoms with Crippen LogP contribution in [0.2, 0.25) is 0 Å². The number of benzene rings is 1. The maximum Gasteiger partial charge on any atom is 0.222 e. The van der Waals surface area contributed by atoms with E-state index in [2.05, 4.69) is 30.5 Å². The number of hydrogen-bond donors (Lipinski definition) is 2. The molecule has 0 unspecified atom stereocenters. The van der Waals surface area contributed by atoms with Crippen LogP contribution in [0.3, 0.4) is 0 Å². The van der Waals surface area contributed by atoms with Gasteiger partial charge in [-0.1, -0.05) is 5.21 Å². The highest BCUT2D eigenvalue weighted by molar-refractivity contribution is 5.90. The minimum absolute atomic E-state index is 0.0833. The molecule has 12 nitrogen and oxygen atoms in total. The van der Waals surface area contributed by atoms with Gasteiger partial charge in [-0.05, 0) is 62.9 Å². The number of aromatic amines is 1. The van der Waals surface area contributed by atoms with Gasteiger partial charge in [0.25, 0.3) is 0 Å². The lowest BCUT2D eigenvalue weighted by Crippen LogP contribution is -2.11. The fraction of sp³-hybridized carbons (Fsp3) is 0.200. The van der Waals surface area contributed by atoms with E-state index in [1.165, 1.54) is 12.8 Å². The topological polar surface area (TPSA) is 151 Å². The second kappa shape index (κ2) is 9.54. The molecule has 0 bridgehead atoms. The summed E-state index contributed by atoms with van der Waals surface area (Å²) in [5.41, 5.74) is 13.4. The molecular formula is C30H26N10O2. The van der Waals surface area contributed by atoms with Crippen LogP contribution in [0.25, 0.3) is 56.2 Å². The molecular weight excluding hydrogens is 532 g/mol. The second-order valence-electron chi connectivity index (χ2n) is 10.5. The average molecular weight is 559 g/mol. The smallest absolute Gasteiger partial charge is 0.222 e. The largest absolute Gasteiger partial charge is 0.490 e. The summed E-state index contributed by atoms with van der Waals surface area (Å²) in [6, 6.07) is 11.6. The van der Waals surface area contributed by atoms with E-state index in [0.29, 0.717) is 28.4 Å². The molecule has 1 fully saturated rings. The summed E-state index contributed by atoms with van der Waals surface area (Å²) in [5, 5.41) is 16.2. The van der Waals surface area contributed by atoms with Crippen LogP contribution < -0.4 is 10.5 Å². The first-order chi connectivity index (χ1) is 20.6. The lowest BCUT2D eigenvalue weighted by molar-refractivity contribution is 0.211. The molecule has 42 heavy (non-hydrogen) atoms. The number of nitrogens with one attached hydrogen (secondary N) is 1. The van der Waals surface area contributed by atoms with Gasteiger partial charge >= 0.3 is 0 Å². The molecule has 1 aliphatic rings. The van der Waals surface area contributed by atoms with Gasteiger partial charge in [0.2, 0.25) is 5.95 Å². The van der Waals surface area contributed by atoms with E-state index in [1.54, 1.807) is 17.1 Å². The van der Waals surface area contributed by atoms with E-state index in [9.17, 15) is 0 Å². The maximum atomic E-state index is 6.49. The quantitative estimate of drug-likeness (QED) is 0.274. The highest BCUT2D eigenvalue weighted by atomic mass is 16.5. The first-order valence-corrected chi connectivity index (χ1v) is 13.8. The molecule has 6 heterocycles. The van der Waals surface area contributed by atoms with E-state index < -0.39 is 0 Å². The summed E-state index contributed by atoms with van der Waals surface area (Å²) in [6.45, 7) is 2.01. The number of rotatable bonds is 6. The number of furan rings is 1. The number of imidazole rings is 1. The summed E-state index contributed by atoms with van der Waals surface area (Å²) in [5.74, 6) is 1.86. The zero-order valence-electron chi connectivity index (χ0n) is 22.7. The van der Waals surface area contributed by atoms with Gasteiger partial charge in [-0.25, -0.2) is 9.97 Å². The fourth-order valence-corrected chi connectivity index (χ4v) is 5.74. The molecule has 12 heteroatoms. The third kappa shape index (κ3) is 3.99. The first kappa shape index (κ1) is 24.3. The van der Waals surface area contributed by atoms with Gasteiger partial charge in [-0.2, -0.15) is 14.8 Å². The van der Waals surface area contributed by atoms with Crippen LogP contribution in [-0.2, 0) is 0 Å². The Morgan fingerprint density at radius 2 is 1.98 bits per heavy atom. The number of fused-ring (bicyclic) bond motifs is 2. The number of aromatic nitrogens is 9. The summed E-state index contributed by atoms with van der Waals surface area (Å²) in [7, 11) is 0. The van der Waals surface area contributed by atoms with Crippen LogP contribution in [-0.4, -0.2) is 50.6 Å². The summed E-state index contributed by atoms with van der Waals surface area (Å²) in [4.78, 5) is 13.8. The highest BCUT2D eigenvalue weighted by Gasteiger charge is 2.25. The molecule has 0 spiro atoms. The van der Waals surface area contributed by atoms with Crippen molar-refractivity contribution in [2.75, 3.05) is 5.73 Å². The minimum atomic E-state index is 0.0833. The SMILES string of the molecule is Cc1cnc2ccc(-c3c(-c4ccco4)nc(N)nc3-n3nnc4cc(OC5CCCC5)c(-c5cn[nH]c5)cc43)cn12. The molecule has 0 amide bonds. The Morgan fingerprint density at radius 1 is 1.07 bits per heavy atom. The van der Waals surface area contributed by atoms with E-state index in [-0.39, 0.29) is 12.1 Å². The van der Waals surface area contributed by atoms with Crippen molar-refractivity contribution in [1.29, 1.82) is 0 Å². The van der Waals surface area contributed by atoms with Crippen LogP contribution >= 0.6 is 0 Å². The van der Waals surface area contributed by atoms with Gasteiger partial charge in [0.15, 0.2) is 11.6 Å². The Morgan fingerprint density at radius 3 is 2.79 bits per heavy atom. The minimum Gasteiger partial charge on any atom is -0.490 e. The van der Waals surface area contributed by atoms with E-state index >= 15 is 0 Å².